The van der Waals surface area contributed by atoms with Crippen molar-refractivity contribution in [1.29, 1.82) is 0 Å². The summed E-state index contributed by atoms with van der Waals surface area (Å²) < 4.78 is 31.2. The van der Waals surface area contributed by atoms with E-state index in [2.05, 4.69) is 16.9 Å². The zero-order valence-electron chi connectivity index (χ0n) is 10.2. The molecule has 0 saturated carbocycles. The first kappa shape index (κ1) is 14.9. The van der Waals surface area contributed by atoms with Gasteiger partial charge in [-0.3, -0.25) is 4.72 Å². The smallest absolute Gasteiger partial charge is 0.241 e. The quantitative estimate of drug-likeness (QED) is 0.770. The van der Waals surface area contributed by atoms with Gasteiger partial charge in [-0.15, -0.1) is 0 Å². The highest BCUT2D eigenvalue weighted by atomic mass is 32.2. The minimum Gasteiger partial charge on any atom is -0.392 e. The van der Waals surface area contributed by atoms with Crippen LogP contribution in [0.5, 0.6) is 0 Å². The first-order valence-corrected chi connectivity index (χ1v) is 7.21. The largest absolute Gasteiger partial charge is 0.392 e. The Hall–Kier alpha value is -1.18. The Kier molecular flexibility index (Phi) is 5.06. The van der Waals surface area contributed by atoms with Crippen LogP contribution >= 0.6 is 12.2 Å². The molecule has 0 spiro atoms. The highest BCUT2D eigenvalue weighted by Crippen LogP contribution is 2.15. The molecule has 0 saturated heterocycles. The molecule has 1 rings (SSSR count). The summed E-state index contributed by atoms with van der Waals surface area (Å²) in [6.45, 7) is 1.87. The third kappa shape index (κ3) is 3.94. The second kappa shape index (κ2) is 6.12. The molecule has 18 heavy (non-hydrogen) atoms. The van der Waals surface area contributed by atoms with Crippen LogP contribution in [-0.4, -0.2) is 25.8 Å². The average molecular weight is 288 g/mol. The number of hydrogen-bond acceptors (Lipinski definition) is 4. The lowest BCUT2D eigenvalue weighted by atomic mass is 10.2. The van der Waals surface area contributed by atoms with Gasteiger partial charge in [-0.25, -0.2) is 8.42 Å². The standard InChI is InChI=1S/C11H16N2O3S2/c1-8(11(12)17)18(14,15)13-10-5-3-4-9(6-10)7-16-2/h3-6,8,13H,7H2,1-2H3,(H2,12,17). The van der Waals surface area contributed by atoms with Crippen LogP contribution in [0.2, 0.25) is 0 Å². The van der Waals surface area contributed by atoms with Crippen molar-refractivity contribution in [3.63, 3.8) is 0 Å². The molecular weight excluding hydrogens is 272 g/mol. The van der Waals surface area contributed by atoms with Gasteiger partial charge in [0.1, 0.15) is 5.25 Å². The molecule has 5 nitrogen and oxygen atoms in total. The fraction of sp³-hybridized carbons (Fsp3) is 0.364. The fourth-order valence-electron chi connectivity index (χ4n) is 1.30. The van der Waals surface area contributed by atoms with E-state index in [-0.39, 0.29) is 4.99 Å². The van der Waals surface area contributed by atoms with Gasteiger partial charge in [0.25, 0.3) is 0 Å². The van der Waals surface area contributed by atoms with Gasteiger partial charge in [-0.1, -0.05) is 24.4 Å². The van der Waals surface area contributed by atoms with Crippen molar-refractivity contribution in [2.45, 2.75) is 18.8 Å². The molecule has 1 atom stereocenters. The number of ether oxygens (including phenoxy) is 1. The van der Waals surface area contributed by atoms with Crippen molar-refractivity contribution in [2.24, 2.45) is 5.73 Å². The number of sulfonamides is 1. The molecule has 1 aromatic carbocycles. The van der Waals surface area contributed by atoms with Crippen molar-refractivity contribution in [1.82, 2.24) is 0 Å². The molecule has 0 amide bonds. The number of hydrogen-bond donors (Lipinski definition) is 2. The number of rotatable bonds is 6. The van der Waals surface area contributed by atoms with Gasteiger partial charge >= 0.3 is 0 Å². The topological polar surface area (TPSA) is 81.4 Å². The van der Waals surface area contributed by atoms with Crippen LogP contribution in [-0.2, 0) is 21.4 Å². The maximum Gasteiger partial charge on any atom is 0.241 e. The Labute approximate surface area is 112 Å². The van der Waals surface area contributed by atoms with E-state index in [4.69, 9.17) is 10.5 Å². The molecule has 1 aromatic rings. The summed E-state index contributed by atoms with van der Waals surface area (Å²) in [5.74, 6) is 0. The van der Waals surface area contributed by atoms with Crippen LogP contribution in [0.25, 0.3) is 0 Å². The van der Waals surface area contributed by atoms with E-state index >= 15 is 0 Å². The molecule has 0 aromatic heterocycles. The van der Waals surface area contributed by atoms with Crippen molar-refractivity contribution >= 4 is 32.9 Å². The predicted octanol–water partition coefficient (Wildman–Crippen LogP) is 1.25. The number of nitrogens with one attached hydrogen (secondary N) is 1. The van der Waals surface area contributed by atoms with Crippen LogP contribution < -0.4 is 10.5 Å². The fourth-order valence-corrected chi connectivity index (χ4v) is 2.61. The lowest BCUT2D eigenvalue weighted by molar-refractivity contribution is 0.185. The van der Waals surface area contributed by atoms with Gasteiger partial charge in [0.2, 0.25) is 10.0 Å². The summed E-state index contributed by atoms with van der Waals surface area (Å²) >= 11 is 4.69. The van der Waals surface area contributed by atoms with E-state index in [0.29, 0.717) is 12.3 Å². The predicted molar refractivity (Wildman–Crippen MR) is 75.9 cm³/mol. The van der Waals surface area contributed by atoms with Crippen LogP contribution in [0.4, 0.5) is 5.69 Å². The van der Waals surface area contributed by atoms with Gasteiger partial charge in [0, 0.05) is 12.8 Å². The van der Waals surface area contributed by atoms with E-state index < -0.39 is 15.3 Å². The minimum absolute atomic E-state index is 0.0597. The second-order valence-electron chi connectivity index (χ2n) is 3.83. The van der Waals surface area contributed by atoms with Crippen molar-refractivity contribution in [3.8, 4) is 0 Å². The first-order valence-electron chi connectivity index (χ1n) is 5.25. The number of nitrogens with two attached hydrogens (primary N) is 1. The SMILES string of the molecule is COCc1cccc(NS(=O)(=O)C(C)C(N)=S)c1. The Morgan fingerprint density at radius 2 is 2.22 bits per heavy atom. The molecule has 1 unspecified atom stereocenters. The van der Waals surface area contributed by atoms with Crippen LogP contribution in [0.15, 0.2) is 24.3 Å². The van der Waals surface area contributed by atoms with Gasteiger partial charge in [0.15, 0.2) is 0 Å². The molecule has 0 heterocycles. The molecule has 0 aliphatic rings. The van der Waals surface area contributed by atoms with Crippen molar-refractivity contribution in [3.05, 3.63) is 29.8 Å². The summed E-state index contributed by atoms with van der Waals surface area (Å²) in [4.78, 5) is -0.0597. The zero-order valence-corrected chi connectivity index (χ0v) is 11.8. The average Bonchev–Trinajstić information content (AvgIpc) is 2.28. The third-order valence-electron chi connectivity index (χ3n) is 2.36. The minimum atomic E-state index is -3.60. The Morgan fingerprint density at radius 3 is 2.78 bits per heavy atom. The number of anilines is 1. The van der Waals surface area contributed by atoms with Crippen molar-refractivity contribution < 1.29 is 13.2 Å². The Balaban J connectivity index is 2.90. The molecule has 0 radical (unpaired) electrons. The molecule has 0 aliphatic heterocycles. The number of benzene rings is 1. The summed E-state index contributed by atoms with van der Waals surface area (Å²) in [5.41, 5.74) is 6.69. The summed E-state index contributed by atoms with van der Waals surface area (Å²) in [7, 11) is -2.03. The highest BCUT2D eigenvalue weighted by molar-refractivity contribution is 7.95. The van der Waals surface area contributed by atoms with Crippen LogP contribution in [0.3, 0.4) is 0 Å². The van der Waals surface area contributed by atoms with E-state index in [1.54, 1.807) is 25.3 Å². The molecule has 100 valence electrons. The molecule has 3 N–H and O–H groups in total. The maximum absolute atomic E-state index is 11.9. The second-order valence-corrected chi connectivity index (χ2v) is 6.30. The molecule has 0 bridgehead atoms. The summed E-state index contributed by atoms with van der Waals surface area (Å²) in [5, 5.41) is -0.918. The molecule has 0 fully saturated rings. The van der Waals surface area contributed by atoms with Gasteiger partial charge in [-0.05, 0) is 24.6 Å². The molecule has 0 aliphatic carbocycles. The van der Waals surface area contributed by atoms with Gasteiger partial charge in [-0.2, -0.15) is 0 Å². The molecule has 7 heteroatoms. The monoisotopic (exact) mass is 288 g/mol. The lowest BCUT2D eigenvalue weighted by Gasteiger charge is -2.14. The Morgan fingerprint density at radius 1 is 1.56 bits per heavy atom. The van der Waals surface area contributed by atoms with E-state index in [9.17, 15) is 8.42 Å². The normalized spacial score (nSPS) is 13.0. The number of thiocarbonyl (C=S) groups is 1. The number of methoxy groups -OCH3 is 1. The van der Waals surface area contributed by atoms with Crippen molar-refractivity contribution in [2.75, 3.05) is 11.8 Å². The highest BCUT2D eigenvalue weighted by Gasteiger charge is 2.23. The van der Waals surface area contributed by atoms with E-state index in [0.717, 1.165) is 5.56 Å². The summed E-state index contributed by atoms with van der Waals surface area (Å²) in [6, 6.07) is 6.95. The van der Waals surface area contributed by atoms with E-state index in [1.165, 1.54) is 6.92 Å². The lowest BCUT2D eigenvalue weighted by Crippen LogP contribution is -2.35. The van der Waals surface area contributed by atoms with Crippen LogP contribution in [0, 0.1) is 0 Å². The van der Waals surface area contributed by atoms with Gasteiger partial charge in [0.05, 0.1) is 11.6 Å². The summed E-state index contributed by atoms with van der Waals surface area (Å²) in [6.07, 6.45) is 0. The van der Waals surface area contributed by atoms with Gasteiger partial charge < -0.3 is 10.5 Å². The third-order valence-corrected chi connectivity index (χ3v) is 4.57. The Bertz CT molecular complexity index is 529. The maximum atomic E-state index is 11.9. The van der Waals surface area contributed by atoms with Crippen LogP contribution in [0.1, 0.15) is 12.5 Å². The zero-order chi connectivity index (χ0) is 13.8. The van der Waals surface area contributed by atoms with E-state index in [1.807, 2.05) is 6.07 Å². The molecular formula is C11H16N2O3S2. The first-order chi connectivity index (χ1) is 8.36.